The normalized spacial score (nSPS) is 21.4. The van der Waals surface area contributed by atoms with Gasteiger partial charge in [0.2, 0.25) is 0 Å². The van der Waals surface area contributed by atoms with Crippen LogP contribution >= 0.6 is 0 Å². The van der Waals surface area contributed by atoms with Crippen LogP contribution in [-0.2, 0) is 0 Å². The van der Waals surface area contributed by atoms with Crippen molar-refractivity contribution in [2.24, 2.45) is 5.41 Å². The Labute approximate surface area is 125 Å². The SMILES string of the molecule is O=C(c1c(O)cccc1O)N1CCC2(CCCCC2)CC1. The van der Waals surface area contributed by atoms with Crippen molar-refractivity contribution in [2.45, 2.75) is 44.9 Å². The van der Waals surface area contributed by atoms with Gasteiger partial charge < -0.3 is 15.1 Å². The molecule has 1 saturated heterocycles. The second kappa shape index (κ2) is 5.58. The van der Waals surface area contributed by atoms with E-state index in [9.17, 15) is 15.0 Å². The molecule has 1 aromatic carbocycles. The number of phenolic OH excluding ortho intramolecular Hbond substituents is 2. The van der Waals surface area contributed by atoms with Gasteiger partial charge in [0, 0.05) is 13.1 Å². The second-order valence-corrected chi connectivity index (χ2v) is 6.52. The van der Waals surface area contributed by atoms with Crippen LogP contribution in [0.4, 0.5) is 0 Å². The van der Waals surface area contributed by atoms with Crippen LogP contribution < -0.4 is 0 Å². The molecule has 2 N–H and O–H groups in total. The third kappa shape index (κ3) is 2.71. The summed E-state index contributed by atoms with van der Waals surface area (Å²) in [5.41, 5.74) is 0.479. The molecule has 0 bridgehead atoms. The summed E-state index contributed by atoms with van der Waals surface area (Å²) in [6.45, 7) is 1.46. The molecule has 4 nitrogen and oxygen atoms in total. The van der Waals surface area contributed by atoms with Crippen LogP contribution in [-0.4, -0.2) is 34.1 Å². The Bertz CT molecular complexity index is 505. The van der Waals surface area contributed by atoms with Crippen LogP contribution in [0.15, 0.2) is 18.2 Å². The highest BCUT2D eigenvalue weighted by Gasteiger charge is 2.37. The molecular formula is C17H23NO3. The molecular weight excluding hydrogens is 266 g/mol. The lowest BCUT2D eigenvalue weighted by molar-refractivity contribution is 0.0467. The van der Waals surface area contributed by atoms with E-state index in [-0.39, 0.29) is 23.0 Å². The van der Waals surface area contributed by atoms with Gasteiger partial charge in [-0.2, -0.15) is 0 Å². The van der Waals surface area contributed by atoms with Gasteiger partial charge in [-0.25, -0.2) is 0 Å². The number of likely N-dealkylation sites (tertiary alicyclic amines) is 1. The first-order valence-corrected chi connectivity index (χ1v) is 7.92. The van der Waals surface area contributed by atoms with Crippen molar-refractivity contribution in [3.05, 3.63) is 23.8 Å². The van der Waals surface area contributed by atoms with E-state index in [0.717, 1.165) is 25.9 Å². The largest absolute Gasteiger partial charge is 0.507 e. The molecule has 114 valence electrons. The minimum absolute atomic E-state index is 0.0390. The Balaban J connectivity index is 1.70. The number of phenols is 2. The van der Waals surface area contributed by atoms with E-state index in [2.05, 4.69) is 0 Å². The molecule has 1 saturated carbocycles. The van der Waals surface area contributed by atoms with Crippen LogP contribution in [0.3, 0.4) is 0 Å². The molecule has 1 aromatic rings. The van der Waals surface area contributed by atoms with Crippen molar-refractivity contribution in [3.63, 3.8) is 0 Å². The van der Waals surface area contributed by atoms with Gasteiger partial charge in [-0.05, 0) is 43.2 Å². The molecule has 0 aromatic heterocycles. The molecule has 1 heterocycles. The lowest BCUT2D eigenvalue weighted by atomic mass is 9.68. The maximum atomic E-state index is 12.5. The zero-order valence-corrected chi connectivity index (χ0v) is 12.3. The van der Waals surface area contributed by atoms with Gasteiger partial charge >= 0.3 is 0 Å². The highest BCUT2D eigenvalue weighted by atomic mass is 16.3. The number of hydrogen-bond acceptors (Lipinski definition) is 3. The molecule has 0 atom stereocenters. The molecule has 0 unspecified atom stereocenters. The number of rotatable bonds is 1. The number of carbonyl (C=O) groups excluding carboxylic acids is 1. The predicted octanol–water partition coefficient (Wildman–Crippen LogP) is 3.28. The third-order valence-corrected chi connectivity index (χ3v) is 5.26. The summed E-state index contributed by atoms with van der Waals surface area (Å²) in [6.07, 6.45) is 8.65. The molecule has 4 heteroatoms. The highest BCUT2D eigenvalue weighted by molar-refractivity contribution is 5.99. The lowest BCUT2D eigenvalue weighted by Crippen LogP contribution is -2.43. The molecule has 2 aliphatic rings. The van der Waals surface area contributed by atoms with Gasteiger partial charge in [0.15, 0.2) is 0 Å². The zero-order chi connectivity index (χ0) is 14.9. The van der Waals surface area contributed by atoms with Gasteiger partial charge in [0.25, 0.3) is 5.91 Å². The average molecular weight is 289 g/mol. The van der Waals surface area contributed by atoms with E-state index in [1.807, 2.05) is 0 Å². The van der Waals surface area contributed by atoms with E-state index in [1.54, 1.807) is 4.90 Å². The van der Waals surface area contributed by atoms with Crippen LogP contribution in [0.1, 0.15) is 55.3 Å². The minimum Gasteiger partial charge on any atom is -0.507 e. The minimum atomic E-state index is -0.253. The first-order chi connectivity index (χ1) is 10.1. The van der Waals surface area contributed by atoms with E-state index >= 15 is 0 Å². The lowest BCUT2D eigenvalue weighted by Gasteiger charge is -2.44. The number of carbonyl (C=O) groups is 1. The summed E-state index contributed by atoms with van der Waals surface area (Å²) >= 11 is 0. The summed E-state index contributed by atoms with van der Waals surface area (Å²) in [6, 6.07) is 4.42. The molecule has 21 heavy (non-hydrogen) atoms. The summed E-state index contributed by atoms with van der Waals surface area (Å²) in [5, 5.41) is 19.7. The summed E-state index contributed by atoms with van der Waals surface area (Å²) in [5.74, 6) is -0.535. The van der Waals surface area contributed by atoms with Crippen LogP contribution in [0, 0.1) is 5.41 Å². The van der Waals surface area contributed by atoms with Crippen LogP contribution in [0.5, 0.6) is 11.5 Å². The van der Waals surface area contributed by atoms with E-state index < -0.39 is 0 Å². The number of hydrogen-bond donors (Lipinski definition) is 2. The zero-order valence-electron chi connectivity index (χ0n) is 12.3. The second-order valence-electron chi connectivity index (χ2n) is 6.52. The molecule has 1 amide bonds. The van der Waals surface area contributed by atoms with E-state index in [0.29, 0.717) is 5.41 Å². The summed E-state index contributed by atoms with van der Waals surface area (Å²) in [7, 11) is 0. The monoisotopic (exact) mass is 289 g/mol. The van der Waals surface area contributed by atoms with Crippen molar-refractivity contribution in [2.75, 3.05) is 13.1 Å². The molecule has 1 aliphatic heterocycles. The molecule has 1 aliphatic carbocycles. The topological polar surface area (TPSA) is 60.8 Å². The molecule has 3 rings (SSSR count). The number of aromatic hydroxyl groups is 2. The van der Waals surface area contributed by atoms with Crippen LogP contribution in [0.2, 0.25) is 0 Å². The Morgan fingerprint density at radius 2 is 1.52 bits per heavy atom. The quantitative estimate of drug-likeness (QED) is 0.834. The molecule has 1 spiro atoms. The number of nitrogens with zero attached hydrogens (tertiary/aromatic N) is 1. The van der Waals surface area contributed by atoms with E-state index in [4.69, 9.17) is 0 Å². The van der Waals surface area contributed by atoms with Crippen molar-refractivity contribution >= 4 is 5.91 Å². The number of amides is 1. The maximum Gasteiger partial charge on any atom is 0.261 e. The Morgan fingerprint density at radius 3 is 2.10 bits per heavy atom. The Kier molecular flexibility index (Phi) is 3.79. The van der Waals surface area contributed by atoms with Gasteiger partial charge in [-0.3, -0.25) is 4.79 Å². The summed E-state index contributed by atoms with van der Waals surface area (Å²) in [4.78, 5) is 14.3. The van der Waals surface area contributed by atoms with Gasteiger partial charge in [-0.1, -0.05) is 25.3 Å². The molecule has 2 fully saturated rings. The smallest absolute Gasteiger partial charge is 0.261 e. The first-order valence-electron chi connectivity index (χ1n) is 7.92. The van der Waals surface area contributed by atoms with Gasteiger partial charge in [0.1, 0.15) is 17.1 Å². The van der Waals surface area contributed by atoms with Crippen LogP contribution in [0.25, 0.3) is 0 Å². The predicted molar refractivity (Wildman–Crippen MR) is 80.4 cm³/mol. The van der Waals surface area contributed by atoms with Crippen molar-refractivity contribution in [1.82, 2.24) is 4.90 Å². The molecule has 0 radical (unpaired) electrons. The van der Waals surface area contributed by atoms with Gasteiger partial charge in [-0.15, -0.1) is 0 Å². The average Bonchev–Trinajstić information content (AvgIpc) is 2.48. The van der Waals surface area contributed by atoms with Crippen molar-refractivity contribution < 1.29 is 15.0 Å². The Hall–Kier alpha value is -1.71. The summed E-state index contributed by atoms with van der Waals surface area (Å²) < 4.78 is 0. The van der Waals surface area contributed by atoms with Crippen molar-refractivity contribution in [1.29, 1.82) is 0 Å². The first kappa shape index (κ1) is 14.2. The van der Waals surface area contributed by atoms with Gasteiger partial charge in [0.05, 0.1) is 0 Å². The maximum absolute atomic E-state index is 12.5. The Morgan fingerprint density at radius 1 is 0.952 bits per heavy atom. The fourth-order valence-corrected chi connectivity index (χ4v) is 3.89. The van der Waals surface area contributed by atoms with E-state index in [1.165, 1.54) is 50.3 Å². The van der Waals surface area contributed by atoms with Crippen molar-refractivity contribution in [3.8, 4) is 11.5 Å². The number of benzene rings is 1. The fraction of sp³-hybridized carbons (Fsp3) is 0.588. The highest BCUT2D eigenvalue weighted by Crippen LogP contribution is 2.45. The standard InChI is InChI=1S/C17H23NO3/c19-13-5-4-6-14(20)15(13)16(21)18-11-9-17(10-12-18)7-2-1-3-8-17/h4-6,19-20H,1-3,7-12H2. The fourth-order valence-electron chi connectivity index (χ4n) is 3.89. The number of piperidine rings is 1. The third-order valence-electron chi connectivity index (χ3n) is 5.26.